The van der Waals surface area contributed by atoms with Gasteiger partial charge in [0, 0.05) is 0 Å². The molecule has 0 saturated heterocycles. The van der Waals surface area contributed by atoms with E-state index in [1.807, 2.05) is 0 Å². The van der Waals surface area contributed by atoms with E-state index in [2.05, 4.69) is 14.2 Å². The van der Waals surface area contributed by atoms with Crippen LogP contribution in [0.5, 0.6) is 0 Å². The van der Waals surface area contributed by atoms with Crippen molar-refractivity contribution < 1.29 is 50.5 Å². The zero-order valence-electron chi connectivity index (χ0n) is 11.8. The SMILES string of the molecule is O=C(OCCOC(F)(F)F)C(OC(F)(F)F)C(O)c1ccccc1. The molecule has 0 heterocycles. The average molecular weight is 362 g/mol. The van der Waals surface area contributed by atoms with Gasteiger partial charge in [-0.25, -0.2) is 4.79 Å². The maximum atomic E-state index is 12.4. The summed E-state index contributed by atoms with van der Waals surface area (Å²) in [6.07, 6.45) is -14.8. The van der Waals surface area contributed by atoms with Crippen LogP contribution in [0, 0.1) is 0 Å². The molecular weight excluding hydrogens is 350 g/mol. The van der Waals surface area contributed by atoms with E-state index in [0.29, 0.717) is 0 Å². The summed E-state index contributed by atoms with van der Waals surface area (Å²) >= 11 is 0. The number of alkyl halides is 6. The van der Waals surface area contributed by atoms with Crippen molar-refractivity contribution in [3.63, 3.8) is 0 Å². The molecule has 1 N–H and O–H groups in total. The Labute approximate surface area is 131 Å². The van der Waals surface area contributed by atoms with Crippen LogP contribution < -0.4 is 0 Å². The van der Waals surface area contributed by atoms with Crippen molar-refractivity contribution in [3.05, 3.63) is 35.9 Å². The van der Waals surface area contributed by atoms with E-state index in [1.165, 1.54) is 30.3 Å². The predicted octanol–water partition coefficient (Wildman–Crippen LogP) is 2.70. The summed E-state index contributed by atoms with van der Waals surface area (Å²) in [6.45, 7) is -2.09. The minimum Gasteiger partial charge on any atom is -0.461 e. The summed E-state index contributed by atoms with van der Waals surface area (Å²) in [6, 6.07) is 6.77. The highest BCUT2D eigenvalue weighted by molar-refractivity contribution is 5.75. The summed E-state index contributed by atoms with van der Waals surface area (Å²) in [5, 5.41) is 9.86. The number of esters is 1. The third-order valence-corrected chi connectivity index (χ3v) is 2.51. The molecule has 0 spiro atoms. The molecule has 0 bridgehead atoms. The largest absolute Gasteiger partial charge is 0.523 e. The Hall–Kier alpha value is -1.85. The van der Waals surface area contributed by atoms with Crippen LogP contribution in [-0.2, 0) is 19.0 Å². The molecule has 2 atom stereocenters. The van der Waals surface area contributed by atoms with Crippen molar-refractivity contribution >= 4 is 5.97 Å². The van der Waals surface area contributed by atoms with Gasteiger partial charge in [-0.1, -0.05) is 30.3 Å². The second-order valence-electron chi connectivity index (χ2n) is 4.30. The molecule has 2 unspecified atom stereocenters. The van der Waals surface area contributed by atoms with E-state index < -0.39 is 44.1 Å². The smallest absolute Gasteiger partial charge is 0.461 e. The number of halogens is 6. The van der Waals surface area contributed by atoms with Gasteiger partial charge >= 0.3 is 18.7 Å². The Morgan fingerprint density at radius 3 is 2.08 bits per heavy atom. The summed E-state index contributed by atoms with van der Waals surface area (Å²) in [5.74, 6) is -1.69. The van der Waals surface area contributed by atoms with Gasteiger partial charge in [0.2, 0.25) is 0 Å². The normalized spacial score (nSPS) is 15.0. The summed E-state index contributed by atoms with van der Waals surface area (Å²) in [4.78, 5) is 11.6. The highest BCUT2D eigenvalue weighted by Gasteiger charge is 2.42. The predicted molar refractivity (Wildman–Crippen MR) is 65.3 cm³/mol. The Morgan fingerprint density at radius 2 is 1.58 bits per heavy atom. The van der Waals surface area contributed by atoms with Gasteiger partial charge in [-0.2, -0.15) is 0 Å². The second-order valence-corrected chi connectivity index (χ2v) is 4.30. The Morgan fingerprint density at radius 1 is 1.00 bits per heavy atom. The minimum atomic E-state index is -5.28. The van der Waals surface area contributed by atoms with Gasteiger partial charge in [-0.3, -0.25) is 9.47 Å². The molecule has 1 aromatic rings. The van der Waals surface area contributed by atoms with Gasteiger partial charge in [-0.15, -0.1) is 26.3 Å². The van der Waals surface area contributed by atoms with Gasteiger partial charge in [0.05, 0.1) is 6.61 Å². The maximum absolute atomic E-state index is 12.4. The number of benzene rings is 1. The van der Waals surface area contributed by atoms with E-state index in [0.717, 1.165) is 0 Å². The van der Waals surface area contributed by atoms with E-state index in [1.54, 1.807) is 0 Å². The van der Waals surface area contributed by atoms with Gasteiger partial charge in [0.15, 0.2) is 6.10 Å². The molecule has 11 heteroatoms. The molecule has 0 saturated carbocycles. The Kier molecular flexibility index (Phi) is 6.99. The van der Waals surface area contributed by atoms with Gasteiger partial charge in [0.25, 0.3) is 0 Å². The van der Waals surface area contributed by atoms with Crippen LogP contribution in [0.3, 0.4) is 0 Å². The van der Waals surface area contributed by atoms with Crippen molar-refractivity contribution in [3.8, 4) is 0 Å². The Balaban J connectivity index is 2.73. The summed E-state index contributed by atoms with van der Waals surface area (Å²) in [7, 11) is 0. The fourth-order valence-electron chi connectivity index (χ4n) is 1.59. The zero-order chi connectivity index (χ0) is 18.4. The summed E-state index contributed by atoms with van der Waals surface area (Å²) in [5.41, 5.74) is -0.0739. The molecule has 0 aliphatic rings. The molecule has 0 aliphatic carbocycles. The highest BCUT2D eigenvalue weighted by Crippen LogP contribution is 2.27. The highest BCUT2D eigenvalue weighted by atomic mass is 19.4. The van der Waals surface area contributed by atoms with Crippen molar-refractivity contribution in [1.29, 1.82) is 0 Å². The van der Waals surface area contributed by atoms with Crippen LogP contribution in [0.4, 0.5) is 26.3 Å². The second kappa shape index (κ2) is 8.31. The van der Waals surface area contributed by atoms with E-state index >= 15 is 0 Å². The third kappa shape index (κ3) is 7.62. The number of rotatable bonds is 7. The van der Waals surface area contributed by atoms with Crippen LogP contribution in [0.2, 0.25) is 0 Å². The molecule has 24 heavy (non-hydrogen) atoms. The number of ether oxygens (including phenoxy) is 3. The fraction of sp³-hybridized carbons (Fsp3) is 0.462. The first-order valence-corrected chi connectivity index (χ1v) is 6.34. The maximum Gasteiger partial charge on any atom is 0.523 e. The van der Waals surface area contributed by atoms with Crippen LogP contribution in [-0.4, -0.2) is 43.1 Å². The number of carbonyl (C=O) groups is 1. The van der Waals surface area contributed by atoms with Crippen molar-refractivity contribution in [2.75, 3.05) is 13.2 Å². The molecule has 0 fully saturated rings. The number of hydrogen-bond donors (Lipinski definition) is 1. The molecule has 0 aromatic heterocycles. The molecule has 0 amide bonds. The fourth-order valence-corrected chi connectivity index (χ4v) is 1.59. The standard InChI is InChI=1S/C13H12F6O5/c14-12(15,16)23-7-6-22-11(21)10(24-13(17,18)19)9(20)8-4-2-1-3-5-8/h1-5,9-10,20H,6-7H2. The molecule has 1 aromatic carbocycles. The molecule has 1 rings (SSSR count). The van der Waals surface area contributed by atoms with Gasteiger partial charge in [0.1, 0.15) is 12.7 Å². The molecular formula is C13H12F6O5. The topological polar surface area (TPSA) is 65.0 Å². The first kappa shape index (κ1) is 20.2. The molecule has 0 aliphatic heterocycles. The van der Waals surface area contributed by atoms with E-state index in [4.69, 9.17) is 0 Å². The monoisotopic (exact) mass is 362 g/mol. The van der Waals surface area contributed by atoms with Crippen molar-refractivity contribution in [2.24, 2.45) is 0 Å². The number of carbonyl (C=O) groups excluding carboxylic acids is 1. The lowest BCUT2D eigenvalue weighted by atomic mass is 10.0. The van der Waals surface area contributed by atoms with Crippen LogP contribution in [0.15, 0.2) is 30.3 Å². The van der Waals surface area contributed by atoms with Crippen molar-refractivity contribution in [2.45, 2.75) is 24.9 Å². The first-order chi connectivity index (χ1) is 11.0. The molecule has 136 valence electrons. The van der Waals surface area contributed by atoms with Crippen LogP contribution >= 0.6 is 0 Å². The van der Waals surface area contributed by atoms with E-state index in [-0.39, 0.29) is 5.56 Å². The lowest BCUT2D eigenvalue weighted by Gasteiger charge is -2.23. The van der Waals surface area contributed by atoms with Gasteiger partial charge in [-0.05, 0) is 5.56 Å². The lowest BCUT2D eigenvalue weighted by molar-refractivity contribution is -0.349. The zero-order valence-corrected chi connectivity index (χ0v) is 11.8. The van der Waals surface area contributed by atoms with Crippen LogP contribution in [0.25, 0.3) is 0 Å². The number of hydrogen-bond acceptors (Lipinski definition) is 5. The number of aliphatic hydroxyl groups excluding tert-OH is 1. The molecule has 0 radical (unpaired) electrons. The first-order valence-electron chi connectivity index (χ1n) is 6.34. The van der Waals surface area contributed by atoms with Crippen molar-refractivity contribution in [1.82, 2.24) is 0 Å². The Bertz CT molecular complexity index is 516. The number of aliphatic hydroxyl groups is 1. The average Bonchev–Trinajstić information content (AvgIpc) is 2.47. The van der Waals surface area contributed by atoms with E-state index in [9.17, 15) is 36.2 Å². The summed E-state index contributed by atoms with van der Waals surface area (Å²) < 4.78 is 83.4. The lowest BCUT2D eigenvalue weighted by Crippen LogP contribution is -2.38. The minimum absolute atomic E-state index is 0.0739. The third-order valence-electron chi connectivity index (χ3n) is 2.51. The van der Waals surface area contributed by atoms with Gasteiger partial charge < -0.3 is 9.84 Å². The molecule has 5 nitrogen and oxygen atoms in total. The van der Waals surface area contributed by atoms with Crippen LogP contribution in [0.1, 0.15) is 11.7 Å². The quantitative estimate of drug-likeness (QED) is 0.459.